The standard InChI is InChI=1S/C23H25N5O3/c1-4-22(29)27-8-6-17(14-27)26-23-20-12-24-13-21(20)25-15-28(23)7-5-16-9-18(30-2)11-19(10-16)31-3/h4,9-13,17,25-26H,1,6,8,14-15H2,2-3H3/t17-/m0/s1. The Balaban J connectivity index is 1.58. The van der Waals surface area contributed by atoms with Crippen molar-refractivity contribution in [3.63, 3.8) is 0 Å². The van der Waals surface area contributed by atoms with E-state index in [1.54, 1.807) is 25.3 Å². The van der Waals surface area contributed by atoms with Gasteiger partial charge >= 0.3 is 0 Å². The van der Waals surface area contributed by atoms with Crippen LogP contribution in [0.2, 0.25) is 0 Å². The van der Waals surface area contributed by atoms with Crippen LogP contribution in [0.1, 0.15) is 12.0 Å². The van der Waals surface area contributed by atoms with Crippen LogP contribution in [0.5, 0.6) is 11.5 Å². The van der Waals surface area contributed by atoms with E-state index in [9.17, 15) is 4.79 Å². The molecule has 0 bridgehead atoms. The van der Waals surface area contributed by atoms with Crippen molar-refractivity contribution in [3.8, 4) is 23.5 Å². The first-order valence-corrected chi connectivity index (χ1v) is 10.0. The predicted molar refractivity (Wildman–Crippen MR) is 118 cm³/mol. The lowest BCUT2D eigenvalue weighted by Crippen LogP contribution is -2.45. The third-order valence-corrected chi connectivity index (χ3v) is 5.35. The number of rotatable bonds is 5. The summed E-state index contributed by atoms with van der Waals surface area (Å²) >= 11 is 0. The highest BCUT2D eigenvalue weighted by Gasteiger charge is 2.30. The Morgan fingerprint density at radius 2 is 2.10 bits per heavy atom. The third-order valence-electron chi connectivity index (χ3n) is 5.35. The van der Waals surface area contributed by atoms with Crippen LogP contribution < -0.4 is 20.1 Å². The molecule has 0 aromatic heterocycles. The molecule has 1 aromatic rings. The molecule has 0 spiro atoms. The highest BCUT2D eigenvalue weighted by Crippen LogP contribution is 2.24. The highest BCUT2D eigenvalue weighted by atomic mass is 16.5. The molecule has 3 aliphatic heterocycles. The zero-order chi connectivity index (χ0) is 21.8. The maximum atomic E-state index is 11.9. The normalized spacial score (nSPS) is 19.2. The Hall–Kier alpha value is -3.86. The Kier molecular flexibility index (Phi) is 5.85. The smallest absolute Gasteiger partial charge is 0.246 e. The van der Waals surface area contributed by atoms with Crippen LogP contribution in [-0.2, 0) is 4.79 Å². The van der Waals surface area contributed by atoms with Crippen LogP contribution >= 0.6 is 0 Å². The topological polar surface area (TPSA) is 78.4 Å². The van der Waals surface area contributed by atoms with Crippen LogP contribution in [-0.4, -0.2) is 61.9 Å². The van der Waals surface area contributed by atoms with Gasteiger partial charge in [0.15, 0.2) is 0 Å². The number of carbonyl (C=O) groups excluding carboxylic acids is 1. The fourth-order valence-electron chi connectivity index (χ4n) is 3.71. The number of carbonyl (C=O) groups is 1. The minimum Gasteiger partial charge on any atom is -0.497 e. The quantitative estimate of drug-likeness (QED) is 0.555. The van der Waals surface area contributed by atoms with Gasteiger partial charge in [0, 0.05) is 43.0 Å². The summed E-state index contributed by atoms with van der Waals surface area (Å²) in [7, 11) is 3.23. The van der Waals surface area contributed by atoms with E-state index in [1.165, 1.54) is 6.08 Å². The van der Waals surface area contributed by atoms with Crippen LogP contribution in [0.15, 0.2) is 59.1 Å². The number of ether oxygens (including phenoxy) is 2. The van der Waals surface area contributed by atoms with Gasteiger partial charge in [-0.2, -0.15) is 0 Å². The predicted octanol–water partition coefficient (Wildman–Crippen LogP) is 1.39. The van der Waals surface area contributed by atoms with Crippen LogP contribution in [0.3, 0.4) is 0 Å². The molecule has 1 saturated heterocycles. The molecule has 0 radical (unpaired) electrons. The van der Waals surface area contributed by atoms with E-state index >= 15 is 0 Å². The largest absolute Gasteiger partial charge is 0.497 e. The van der Waals surface area contributed by atoms with Gasteiger partial charge in [-0.15, -0.1) is 0 Å². The number of nitrogens with one attached hydrogen (secondary N) is 2. The van der Waals surface area contributed by atoms with Gasteiger partial charge in [-0.25, -0.2) is 0 Å². The molecule has 3 aliphatic rings. The fourth-order valence-corrected chi connectivity index (χ4v) is 3.71. The molecule has 1 fully saturated rings. The second-order valence-electron chi connectivity index (χ2n) is 7.30. The summed E-state index contributed by atoms with van der Waals surface area (Å²) in [6.07, 6.45) is 5.83. The Morgan fingerprint density at radius 3 is 2.81 bits per heavy atom. The Labute approximate surface area is 181 Å². The Morgan fingerprint density at radius 1 is 1.32 bits per heavy atom. The fraction of sp³-hybridized carbons (Fsp3) is 0.304. The summed E-state index contributed by atoms with van der Waals surface area (Å²) < 4.78 is 10.7. The zero-order valence-electron chi connectivity index (χ0n) is 17.6. The summed E-state index contributed by atoms with van der Waals surface area (Å²) in [5.41, 5.74) is 2.70. The lowest BCUT2D eigenvalue weighted by Gasteiger charge is -2.32. The maximum absolute atomic E-state index is 11.9. The molecule has 1 amide bonds. The van der Waals surface area contributed by atoms with Gasteiger partial charge in [-0.3, -0.25) is 14.7 Å². The molecule has 3 heterocycles. The van der Waals surface area contributed by atoms with E-state index < -0.39 is 0 Å². The first kappa shape index (κ1) is 20.4. The van der Waals surface area contributed by atoms with Gasteiger partial charge in [0.05, 0.1) is 31.7 Å². The molecule has 160 valence electrons. The molecule has 4 rings (SSSR count). The summed E-state index contributed by atoms with van der Waals surface area (Å²) in [6, 6.07) is 8.90. The number of nitrogens with zero attached hydrogens (tertiary/aromatic N) is 3. The van der Waals surface area contributed by atoms with Gasteiger partial charge in [-0.1, -0.05) is 6.58 Å². The van der Waals surface area contributed by atoms with Crippen molar-refractivity contribution >= 4 is 12.1 Å². The molecular weight excluding hydrogens is 394 g/mol. The Bertz CT molecular complexity index is 1020. The van der Waals surface area contributed by atoms with Crippen molar-refractivity contribution < 1.29 is 14.3 Å². The number of methoxy groups -OCH3 is 2. The number of allylic oxidation sites excluding steroid dienone is 1. The molecule has 31 heavy (non-hydrogen) atoms. The van der Waals surface area contributed by atoms with Crippen molar-refractivity contribution in [2.45, 2.75) is 12.5 Å². The molecule has 1 atom stereocenters. The van der Waals surface area contributed by atoms with Gasteiger partial charge in [0.25, 0.3) is 0 Å². The average molecular weight is 419 g/mol. The van der Waals surface area contributed by atoms with E-state index in [-0.39, 0.29) is 11.9 Å². The molecule has 0 unspecified atom stereocenters. The van der Waals surface area contributed by atoms with Crippen molar-refractivity contribution in [2.75, 3.05) is 34.0 Å². The van der Waals surface area contributed by atoms with Gasteiger partial charge in [-0.05, 0) is 30.6 Å². The molecule has 0 aliphatic carbocycles. The summed E-state index contributed by atoms with van der Waals surface area (Å²) in [6.45, 7) is 5.42. The van der Waals surface area contributed by atoms with Crippen molar-refractivity contribution in [1.82, 2.24) is 20.4 Å². The highest BCUT2D eigenvalue weighted by molar-refractivity contribution is 5.89. The lowest BCUT2D eigenvalue weighted by atomic mass is 10.1. The van der Waals surface area contributed by atoms with Gasteiger partial charge in [0.2, 0.25) is 5.91 Å². The molecule has 8 heteroatoms. The summed E-state index contributed by atoms with van der Waals surface area (Å²) in [4.78, 5) is 19.9. The first-order chi connectivity index (χ1) is 15.1. The number of benzene rings is 1. The zero-order valence-corrected chi connectivity index (χ0v) is 17.6. The number of likely N-dealkylation sites (tertiary alicyclic amines) is 1. The summed E-state index contributed by atoms with van der Waals surface area (Å²) in [5, 5.41) is 6.92. The van der Waals surface area contributed by atoms with E-state index in [0.717, 1.165) is 29.1 Å². The minimum absolute atomic E-state index is 0.0427. The van der Waals surface area contributed by atoms with Crippen molar-refractivity contribution in [1.29, 1.82) is 0 Å². The van der Waals surface area contributed by atoms with E-state index in [1.807, 2.05) is 29.3 Å². The lowest BCUT2D eigenvalue weighted by molar-refractivity contribution is -0.125. The van der Waals surface area contributed by atoms with Gasteiger partial charge < -0.3 is 25.0 Å². The van der Waals surface area contributed by atoms with E-state index in [0.29, 0.717) is 31.3 Å². The number of amides is 1. The molecule has 8 nitrogen and oxygen atoms in total. The number of hydrogen-bond donors (Lipinski definition) is 2. The van der Waals surface area contributed by atoms with Crippen molar-refractivity contribution in [2.24, 2.45) is 4.99 Å². The van der Waals surface area contributed by atoms with Crippen LogP contribution in [0.4, 0.5) is 0 Å². The molecule has 0 saturated carbocycles. The number of aliphatic imine (C=N–C) groups is 1. The second-order valence-corrected chi connectivity index (χ2v) is 7.30. The van der Waals surface area contributed by atoms with E-state index in [2.05, 4.69) is 34.2 Å². The maximum Gasteiger partial charge on any atom is 0.246 e. The van der Waals surface area contributed by atoms with Crippen LogP contribution in [0.25, 0.3) is 0 Å². The number of fused-ring (bicyclic) bond motifs is 1. The first-order valence-electron chi connectivity index (χ1n) is 10.0. The monoisotopic (exact) mass is 419 g/mol. The number of hydrogen-bond acceptors (Lipinski definition) is 7. The van der Waals surface area contributed by atoms with Crippen molar-refractivity contribution in [3.05, 3.63) is 59.7 Å². The average Bonchev–Trinajstić information content (AvgIpc) is 3.47. The molecule has 1 aromatic carbocycles. The SMILES string of the molecule is C=CC(=O)N1CC[C@H](NC2=C3C=NC=C3NCN2C#Cc2cc(OC)cc(OC)c2)C1. The molecule has 2 N–H and O–H groups in total. The molecular formula is C23H25N5O3. The van der Waals surface area contributed by atoms with Gasteiger partial charge in [0.1, 0.15) is 24.0 Å². The van der Waals surface area contributed by atoms with E-state index in [4.69, 9.17) is 9.47 Å². The second kappa shape index (κ2) is 8.88. The third kappa shape index (κ3) is 4.36. The summed E-state index contributed by atoms with van der Waals surface area (Å²) in [5.74, 6) is 5.40. The minimum atomic E-state index is -0.0427. The van der Waals surface area contributed by atoms with Crippen LogP contribution in [0, 0.1) is 12.0 Å².